The van der Waals surface area contributed by atoms with Gasteiger partial charge in [0.05, 0.1) is 19.6 Å². The average molecular weight is 510 g/mol. The van der Waals surface area contributed by atoms with Gasteiger partial charge in [0.25, 0.3) is 0 Å². The molecule has 1 heterocycles. The zero-order valence-corrected chi connectivity index (χ0v) is 21.3. The van der Waals surface area contributed by atoms with Crippen LogP contribution in [0.1, 0.15) is 34.8 Å². The van der Waals surface area contributed by atoms with Crippen molar-refractivity contribution in [2.45, 2.75) is 24.9 Å². The van der Waals surface area contributed by atoms with Gasteiger partial charge in [-0.05, 0) is 23.3 Å². The van der Waals surface area contributed by atoms with Crippen LogP contribution in [-0.4, -0.2) is 36.2 Å². The van der Waals surface area contributed by atoms with Gasteiger partial charge < -0.3 is 19.3 Å². The average Bonchev–Trinajstić information content (AvgIpc) is 3.37. The Balaban J connectivity index is 1.38. The molecule has 1 atom stereocenters. The van der Waals surface area contributed by atoms with Gasteiger partial charge in [0.1, 0.15) is 0 Å². The Kier molecular flexibility index (Phi) is 7.73. The van der Waals surface area contributed by atoms with Gasteiger partial charge in [-0.1, -0.05) is 97.1 Å². The number of fused-ring (bicyclic) bond motifs is 1. The first-order valence-corrected chi connectivity index (χ1v) is 12.7. The van der Waals surface area contributed by atoms with Gasteiger partial charge in [-0.3, -0.25) is 9.69 Å². The minimum Gasteiger partial charge on any atom is -0.469 e. The molecule has 1 N–H and O–H groups in total. The van der Waals surface area contributed by atoms with Gasteiger partial charge in [-0.25, -0.2) is 0 Å². The van der Waals surface area contributed by atoms with Crippen molar-refractivity contribution >= 4 is 5.97 Å². The van der Waals surface area contributed by atoms with Crippen LogP contribution in [0.4, 0.5) is 0 Å². The van der Waals surface area contributed by atoms with E-state index in [1.807, 2.05) is 109 Å². The third kappa shape index (κ3) is 5.57. The number of rotatable bonds is 10. The molecule has 194 valence electrons. The van der Waals surface area contributed by atoms with E-state index in [-0.39, 0.29) is 12.4 Å². The number of nitrogens with zero attached hydrogens (tertiary/aromatic N) is 1. The van der Waals surface area contributed by atoms with Crippen molar-refractivity contribution in [1.29, 1.82) is 0 Å². The second kappa shape index (κ2) is 11.5. The number of ether oxygens (including phenoxy) is 3. The van der Waals surface area contributed by atoms with E-state index < -0.39 is 11.9 Å². The summed E-state index contributed by atoms with van der Waals surface area (Å²) in [5, 5.41) is 11.2. The normalized spacial score (nSPS) is 14.3. The Morgan fingerprint density at radius 2 is 1.42 bits per heavy atom. The summed E-state index contributed by atoms with van der Waals surface area (Å²) in [5.41, 5.74) is 3.56. The van der Waals surface area contributed by atoms with Crippen LogP contribution in [0.5, 0.6) is 11.5 Å². The standard InChI is InChI=1S/C32H31NO5/c1-36-31(35)19-20-33(22-24-11-5-2-6-12-24)23-28(34)25-17-18-29-30(21-25)38-32(37-29,26-13-7-3-8-14-26)27-15-9-4-10-16-27/h2-18,21,28,34H,19-20,22-23H2,1H3. The van der Waals surface area contributed by atoms with Crippen molar-refractivity contribution in [1.82, 2.24) is 4.90 Å². The maximum atomic E-state index is 11.8. The van der Waals surface area contributed by atoms with Crippen molar-refractivity contribution in [2.75, 3.05) is 20.2 Å². The molecule has 0 spiro atoms. The molecule has 0 amide bonds. The predicted molar refractivity (Wildman–Crippen MR) is 145 cm³/mol. The molecule has 5 rings (SSSR count). The van der Waals surface area contributed by atoms with Crippen LogP contribution in [0, 0.1) is 0 Å². The molecular formula is C32H31NO5. The fraction of sp³-hybridized carbons (Fsp3) is 0.219. The topological polar surface area (TPSA) is 68.2 Å². The lowest BCUT2D eigenvalue weighted by Crippen LogP contribution is -2.36. The van der Waals surface area contributed by atoms with E-state index in [1.165, 1.54) is 7.11 Å². The molecule has 0 radical (unpaired) electrons. The first kappa shape index (κ1) is 25.5. The maximum Gasteiger partial charge on any atom is 0.306 e. The number of methoxy groups -OCH3 is 1. The van der Waals surface area contributed by atoms with E-state index in [0.717, 1.165) is 16.7 Å². The van der Waals surface area contributed by atoms with Gasteiger partial charge in [0.2, 0.25) is 0 Å². The number of carbonyl (C=O) groups excluding carboxylic acids is 1. The summed E-state index contributed by atoms with van der Waals surface area (Å²) in [5.74, 6) is -0.216. The Morgan fingerprint density at radius 1 is 0.842 bits per heavy atom. The monoisotopic (exact) mass is 509 g/mol. The number of esters is 1. The zero-order chi connectivity index (χ0) is 26.4. The zero-order valence-electron chi connectivity index (χ0n) is 21.3. The maximum absolute atomic E-state index is 11.8. The summed E-state index contributed by atoms with van der Waals surface area (Å²) in [6.45, 7) is 1.41. The number of hydrogen-bond acceptors (Lipinski definition) is 6. The number of aliphatic hydroxyl groups excluding tert-OH is 1. The quantitative estimate of drug-likeness (QED) is 0.287. The number of hydrogen-bond donors (Lipinski definition) is 1. The Morgan fingerprint density at radius 3 is 2.03 bits per heavy atom. The van der Waals surface area contributed by atoms with E-state index in [0.29, 0.717) is 36.7 Å². The van der Waals surface area contributed by atoms with E-state index in [1.54, 1.807) is 0 Å². The van der Waals surface area contributed by atoms with Crippen LogP contribution in [0.2, 0.25) is 0 Å². The molecule has 0 saturated heterocycles. The van der Waals surface area contributed by atoms with Gasteiger partial charge >= 0.3 is 11.8 Å². The SMILES string of the molecule is COC(=O)CCN(Cc1ccccc1)CC(O)c1ccc2c(c1)OC(c1ccccc1)(c1ccccc1)O2. The van der Waals surface area contributed by atoms with Crippen LogP contribution in [0.3, 0.4) is 0 Å². The van der Waals surface area contributed by atoms with Gasteiger partial charge in [0, 0.05) is 30.8 Å². The predicted octanol–water partition coefficient (Wildman–Crippen LogP) is 5.46. The lowest BCUT2D eigenvalue weighted by atomic mass is 9.97. The summed E-state index contributed by atoms with van der Waals surface area (Å²) in [7, 11) is 1.39. The van der Waals surface area contributed by atoms with Crippen LogP contribution >= 0.6 is 0 Å². The van der Waals surface area contributed by atoms with Crippen LogP contribution < -0.4 is 9.47 Å². The first-order chi connectivity index (χ1) is 18.6. The molecule has 1 aliphatic heterocycles. The molecule has 4 aromatic rings. The van der Waals surface area contributed by atoms with Crippen LogP contribution in [0.25, 0.3) is 0 Å². The second-order valence-electron chi connectivity index (χ2n) is 9.32. The van der Waals surface area contributed by atoms with E-state index >= 15 is 0 Å². The first-order valence-electron chi connectivity index (χ1n) is 12.7. The third-order valence-electron chi connectivity index (χ3n) is 6.71. The minimum atomic E-state index is -1.12. The van der Waals surface area contributed by atoms with Crippen LogP contribution in [0.15, 0.2) is 109 Å². The minimum absolute atomic E-state index is 0.244. The Bertz CT molecular complexity index is 1300. The number of benzene rings is 4. The molecule has 6 nitrogen and oxygen atoms in total. The molecular weight excluding hydrogens is 478 g/mol. The molecule has 0 aliphatic carbocycles. The summed E-state index contributed by atoms with van der Waals surface area (Å²) in [4.78, 5) is 13.9. The molecule has 0 bridgehead atoms. The van der Waals surface area contributed by atoms with Gasteiger partial charge in [-0.15, -0.1) is 0 Å². The molecule has 0 aromatic heterocycles. The fourth-order valence-electron chi connectivity index (χ4n) is 4.72. The highest BCUT2D eigenvalue weighted by atomic mass is 16.7. The molecule has 4 aromatic carbocycles. The Labute approximate surface area is 223 Å². The van der Waals surface area contributed by atoms with Crippen molar-refractivity contribution < 1.29 is 24.1 Å². The number of carbonyl (C=O) groups is 1. The summed E-state index contributed by atoms with van der Waals surface area (Å²) in [6.07, 6.45) is -0.554. The van der Waals surface area contributed by atoms with Crippen molar-refractivity contribution in [3.63, 3.8) is 0 Å². The fourth-order valence-corrected chi connectivity index (χ4v) is 4.72. The smallest absolute Gasteiger partial charge is 0.306 e. The molecule has 1 unspecified atom stereocenters. The van der Waals surface area contributed by atoms with E-state index in [9.17, 15) is 9.90 Å². The van der Waals surface area contributed by atoms with E-state index in [2.05, 4.69) is 4.90 Å². The molecule has 1 aliphatic rings. The number of aliphatic hydroxyl groups is 1. The van der Waals surface area contributed by atoms with Crippen molar-refractivity contribution in [2.24, 2.45) is 0 Å². The highest BCUT2D eigenvalue weighted by molar-refractivity contribution is 5.69. The summed E-state index contributed by atoms with van der Waals surface area (Å²) in [6, 6.07) is 35.2. The molecule has 0 fully saturated rings. The van der Waals surface area contributed by atoms with Crippen LogP contribution in [-0.2, 0) is 21.9 Å². The Hall–Kier alpha value is -4.13. The molecule has 6 heteroatoms. The van der Waals surface area contributed by atoms with Crippen molar-refractivity contribution in [3.05, 3.63) is 131 Å². The summed E-state index contributed by atoms with van der Waals surface area (Å²) < 4.78 is 17.8. The van der Waals surface area contributed by atoms with Gasteiger partial charge in [-0.2, -0.15) is 0 Å². The highest BCUT2D eigenvalue weighted by Crippen LogP contribution is 2.48. The third-order valence-corrected chi connectivity index (χ3v) is 6.71. The van der Waals surface area contributed by atoms with E-state index in [4.69, 9.17) is 14.2 Å². The second-order valence-corrected chi connectivity index (χ2v) is 9.32. The van der Waals surface area contributed by atoms with Gasteiger partial charge in [0.15, 0.2) is 11.5 Å². The lowest BCUT2D eigenvalue weighted by molar-refractivity contribution is -0.141. The molecule has 38 heavy (non-hydrogen) atoms. The summed E-state index contributed by atoms with van der Waals surface area (Å²) >= 11 is 0. The van der Waals surface area contributed by atoms with Crippen molar-refractivity contribution in [3.8, 4) is 11.5 Å². The lowest BCUT2D eigenvalue weighted by Gasteiger charge is -2.28. The largest absolute Gasteiger partial charge is 0.469 e. The highest BCUT2D eigenvalue weighted by Gasteiger charge is 2.45. The molecule has 0 saturated carbocycles.